The SMILES string of the molecule is COc1cc(OC)c(NC(=O)CCNS(=O)(=O)c2ccc3c(c2)CCCC(=O)N3)cc1Cl. The van der Waals surface area contributed by atoms with Gasteiger partial charge in [-0.05, 0) is 42.7 Å². The molecule has 0 aliphatic carbocycles. The fourth-order valence-electron chi connectivity index (χ4n) is 3.27. The summed E-state index contributed by atoms with van der Waals surface area (Å²) in [6.45, 7) is -0.103. The molecule has 0 unspecified atom stereocenters. The van der Waals surface area contributed by atoms with Crippen LogP contribution in [0, 0.1) is 0 Å². The monoisotopic (exact) mass is 481 g/mol. The maximum Gasteiger partial charge on any atom is 0.240 e. The lowest BCUT2D eigenvalue weighted by Gasteiger charge is -2.13. The summed E-state index contributed by atoms with van der Waals surface area (Å²) in [5.41, 5.74) is 1.73. The number of amides is 2. The second-order valence-electron chi connectivity index (χ2n) is 7.10. The summed E-state index contributed by atoms with van der Waals surface area (Å²) < 4.78 is 38.1. The molecule has 0 fully saturated rings. The van der Waals surface area contributed by atoms with Crippen molar-refractivity contribution in [1.29, 1.82) is 0 Å². The standard InChI is InChI=1S/C21H24ClN3O6S/c1-30-18-12-19(31-2)17(11-15(18)22)25-21(27)8-9-23-32(28,29)14-6-7-16-13(10-14)4-3-5-20(26)24-16/h6-7,10-12,23H,3-5,8-9H2,1-2H3,(H,24,26)(H,25,27). The summed E-state index contributed by atoms with van der Waals surface area (Å²) in [4.78, 5) is 24.0. The average molecular weight is 482 g/mol. The van der Waals surface area contributed by atoms with Crippen molar-refractivity contribution in [2.75, 3.05) is 31.4 Å². The Bertz CT molecular complexity index is 1140. The first kappa shape index (κ1) is 23.8. The minimum atomic E-state index is -3.82. The molecule has 3 rings (SSSR count). The molecule has 0 aromatic heterocycles. The number of ether oxygens (including phenoxy) is 2. The lowest BCUT2D eigenvalue weighted by molar-refractivity contribution is -0.117. The summed E-state index contributed by atoms with van der Waals surface area (Å²) in [6.07, 6.45) is 1.54. The number of benzene rings is 2. The Kier molecular flexibility index (Phi) is 7.60. The fraction of sp³-hybridized carbons (Fsp3) is 0.333. The Morgan fingerprint density at radius 2 is 1.88 bits per heavy atom. The molecule has 32 heavy (non-hydrogen) atoms. The van der Waals surface area contributed by atoms with E-state index >= 15 is 0 Å². The van der Waals surface area contributed by atoms with Gasteiger partial charge in [0.05, 0.1) is 29.8 Å². The van der Waals surface area contributed by atoms with Gasteiger partial charge in [0, 0.05) is 31.1 Å². The second-order valence-corrected chi connectivity index (χ2v) is 9.28. The van der Waals surface area contributed by atoms with E-state index in [0.717, 1.165) is 5.56 Å². The molecule has 2 aromatic rings. The maximum atomic E-state index is 12.6. The summed E-state index contributed by atoms with van der Waals surface area (Å²) in [5.74, 6) is 0.252. The average Bonchev–Trinajstić information content (AvgIpc) is 2.93. The number of anilines is 2. The van der Waals surface area contributed by atoms with E-state index in [1.165, 1.54) is 26.4 Å². The van der Waals surface area contributed by atoms with Crippen LogP contribution in [0.1, 0.15) is 24.8 Å². The first-order chi connectivity index (χ1) is 15.2. The third-order valence-corrected chi connectivity index (χ3v) is 6.66. The number of halogens is 1. The van der Waals surface area contributed by atoms with Gasteiger partial charge in [-0.3, -0.25) is 9.59 Å². The van der Waals surface area contributed by atoms with Crippen LogP contribution >= 0.6 is 11.6 Å². The lowest BCUT2D eigenvalue weighted by atomic mass is 10.1. The van der Waals surface area contributed by atoms with Crippen molar-refractivity contribution in [2.24, 2.45) is 0 Å². The number of fused-ring (bicyclic) bond motifs is 1. The zero-order chi connectivity index (χ0) is 23.3. The Hall–Kier alpha value is -2.82. The van der Waals surface area contributed by atoms with Crippen molar-refractivity contribution < 1.29 is 27.5 Å². The van der Waals surface area contributed by atoms with E-state index in [1.807, 2.05) is 0 Å². The number of carbonyl (C=O) groups is 2. The van der Waals surface area contributed by atoms with Crippen LogP contribution in [-0.4, -0.2) is 41.0 Å². The van der Waals surface area contributed by atoms with Gasteiger partial charge in [-0.1, -0.05) is 11.6 Å². The number of nitrogens with one attached hydrogen (secondary N) is 3. The summed E-state index contributed by atoms with van der Waals surface area (Å²) in [7, 11) is -0.915. The molecule has 1 heterocycles. The first-order valence-electron chi connectivity index (χ1n) is 9.87. The van der Waals surface area contributed by atoms with Crippen LogP contribution in [-0.2, 0) is 26.0 Å². The molecule has 0 saturated heterocycles. The number of carbonyl (C=O) groups excluding carboxylic acids is 2. The summed E-state index contributed by atoms with van der Waals surface area (Å²) in [5, 5.41) is 5.72. The van der Waals surface area contributed by atoms with E-state index in [9.17, 15) is 18.0 Å². The Labute approximate surface area is 191 Å². The van der Waals surface area contributed by atoms with E-state index in [0.29, 0.717) is 47.2 Å². The van der Waals surface area contributed by atoms with Gasteiger partial charge in [-0.25, -0.2) is 13.1 Å². The van der Waals surface area contributed by atoms with E-state index in [-0.39, 0.29) is 23.8 Å². The van der Waals surface area contributed by atoms with Gasteiger partial charge in [0.15, 0.2) is 0 Å². The number of hydrogen-bond donors (Lipinski definition) is 3. The van der Waals surface area contributed by atoms with Crippen LogP contribution in [0.5, 0.6) is 11.5 Å². The molecule has 0 radical (unpaired) electrons. The van der Waals surface area contributed by atoms with Crippen molar-refractivity contribution in [1.82, 2.24) is 4.72 Å². The molecule has 2 aromatic carbocycles. The van der Waals surface area contributed by atoms with E-state index in [1.54, 1.807) is 18.2 Å². The van der Waals surface area contributed by atoms with Crippen LogP contribution < -0.4 is 24.8 Å². The quantitative estimate of drug-likeness (QED) is 0.532. The molecular formula is C21H24ClN3O6S. The van der Waals surface area contributed by atoms with Gasteiger partial charge in [0.2, 0.25) is 21.8 Å². The largest absolute Gasteiger partial charge is 0.495 e. The molecule has 1 aliphatic heterocycles. The third-order valence-electron chi connectivity index (χ3n) is 4.90. The van der Waals surface area contributed by atoms with Crippen LogP contribution in [0.4, 0.5) is 11.4 Å². The molecule has 2 amide bonds. The highest BCUT2D eigenvalue weighted by Crippen LogP contribution is 2.36. The Balaban J connectivity index is 1.61. The number of methoxy groups -OCH3 is 2. The normalized spacial score (nSPS) is 13.5. The maximum absolute atomic E-state index is 12.6. The molecular weight excluding hydrogens is 458 g/mol. The Morgan fingerprint density at radius 3 is 2.59 bits per heavy atom. The van der Waals surface area contributed by atoms with Crippen molar-refractivity contribution in [3.05, 3.63) is 40.9 Å². The van der Waals surface area contributed by atoms with E-state index in [2.05, 4.69) is 15.4 Å². The van der Waals surface area contributed by atoms with Crippen LogP contribution in [0.25, 0.3) is 0 Å². The molecule has 0 saturated carbocycles. The van der Waals surface area contributed by atoms with Gasteiger partial charge in [-0.15, -0.1) is 0 Å². The van der Waals surface area contributed by atoms with Gasteiger partial charge in [-0.2, -0.15) is 0 Å². The molecule has 0 spiro atoms. The minimum Gasteiger partial charge on any atom is -0.495 e. The number of aryl methyl sites for hydroxylation is 1. The Morgan fingerprint density at radius 1 is 1.12 bits per heavy atom. The van der Waals surface area contributed by atoms with Crippen molar-refractivity contribution in [3.63, 3.8) is 0 Å². The highest BCUT2D eigenvalue weighted by molar-refractivity contribution is 7.89. The molecule has 0 bridgehead atoms. The van der Waals surface area contributed by atoms with Crippen molar-refractivity contribution in [2.45, 2.75) is 30.6 Å². The van der Waals surface area contributed by atoms with Crippen LogP contribution in [0.15, 0.2) is 35.2 Å². The molecule has 0 atom stereocenters. The third kappa shape index (κ3) is 5.70. The van der Waals surface area contributed by atoms with E-state index in [4.69, 9.17) is 21.1 Å². The fourth-order valence-corrected chi connectivity index (χ4v) is 4.59. The number of hydrogen-bond acceptors (Lipinski definition) is 6. The second kappa shape index (κ2) is 10.2. The summed E-state index contributed by atoms with van der Waals surface area (Å²) in [6, 6.07) is 7.60. The van der Waals surface area contributed by atoms with Crippen molar-refractivity contribution >= 4 is 44.8 Å². The van der Waals surface area contributed by atoms with Gasteiger partial charge < -0.3 is 20.1 Å². The number of rotatable bonds is 8. The molecule has 1 aliphatic rings. The molecule has 3 N–H and O–H groups in total. The van der Waals surface area contributed by atoms with Gasteiger partial charge in [0.25, 0.3) is 0 Å². The topological polar surface area (TPSA) is 123 Å². The van der Waals surface area contributed by atoms with Gasteiger partial charge >= 0.3 is 0 Å². The molecule has 172 valence electrons. The summed E-state index contributed by atoms with van der Waals surface area (Å²) >= 11 is 6.10. The lowest BCUT2D eigenvalue weighted by Crippen LogP contribution is -2.28. The van der Waals surface area contributed by atoms with E-state index < -0.39 is 15.9 Å². The molecule has 9 nitrogen and oxygen atoms in total. The zero-order valence-corrected chi connectivity index (χ0v) is 19.2. The zero-order valence-electron chi connectivity index (χ0n) is 17.7. The molecule has 11 heteroatoms. The number of sulfonamides is 1. The highest BCUT2D eigenvalue weighted by Gasteiger charge is 2.19. The minimum absolute atomic E-state index is 0.0800. The predicted molar refractivity (Wildman–Crippen MR) is 121 cm³/mol. The predicted octanol–water partition coefficient (Wildman–Crippen LogP) is 2.94. The van der Waals surface area contributed by atoms with Crippen LogP contribution in [0.3, 0.4) is 0 Å². The smallest absolute Gasteiger partial charge is 0.240 e. The van der Waals surface area contributed by atoms with Crippen molar-refractivity contribution in [3.8, 4) is 11.5 Å². The first-order valence-corrected chi connectivity index (χ1v) is 11.7. The van der Waals surface area contributed by atoms with Crippen LogP contribution in [0.2, 0.25) is 5.02 Å². The highest BCUT2D eigenvalue weighted by atomic mass is 35.5. The van der Waals surface area contributed by atoms with Gasteiger partial charge in [0.1, 0.15) is 11.5 Å².